The van der Waals surface area contributed by atoms with E-state index in [1.54, 1.807) is 17.8 Å². The molecule has 0 N–H and O–H groups in total. The average Bonchev–Trinajstić information content (AvgIpc) is 2.90. The predicted molar refractivity (Wildman–Crippen MR) is 89.4 cm³/mol. The van der Waals surface area contributed by atoms with E-state index >= 15 is 0 Å². The number of rotatable bonds is 3. The SMILES string of the molecule is O=C(CC1CCCC1)N1CCSC(c2ccccc2F)CC1. The van der Waals surface area contributed by atoms with Crippen molar-refractivity contribution in [2.45, 2.75) is 43.8 Å². The van der Waals surface area contributed by atoms with Crippen LogP contribution in [-0.2, 0) is 4.79 Å². The van der Waals surface area contributed by atoms with Gasteiger partial charge in [-0.25, -0.2) is 4.39 Å². The summed E-state index contributed by atoms with van der Waals surface area (Å²) in [5, 5.41) is 0.172. The van der Waals surface area contributed by atoms with Gasteiger partial charge in [0.15, 0.2) is 0 Å². The Hall–Kier alpha value is -1.03. The molecule has 2 fully saturated rings. The first-order valence-electron chi connectivity index (χ1n) is 8.38. The van der Waals surface area contributed by atoms with Gasteiger partial charge in [0, 0.05) is 36.1 Å². The zero-order chi connectivity index (χ0) is 15.4. The van der Waals surface area contributed by atoms with Crippen molar-refractivity contribution in [3.8, 4) is 0 Å². The summed E-state index contributed by atoms with van der Waals surface area (Å²) in [6.07, 6.45) is 6.56. The largest absolute Gasteiger partial charge is 0.342 e. The Balaban J connectivity index is 1.57. The summed E-state index contributed by atoms with van der Waals surface area (Å²) in [5.41, 5.74) is 0.789. The highest BCUT2D eigenvalue weighted by atomic mass is 32.2. The van der Waals surface area contributed by atoms with Gasteiger partial charge in [-0.05, 0) is 31.2 Å². The Morgan fingerprint density at radius 1 is 1.18 bits per heavy atom. The van der Waals surface area contributed by atoms with Gasteiger partial charge in [-0.3, -0.25) is 4.79 Å². The first kappa shape index (κ1) is 15.9. The molecule has 120 valence electrons. The minimum Gasteiger partial charge on any atom is -0.342 e. The molecule has 2 nitrogen and oxygen atoms in total. The Kier molecular flexibility index (Phi) is 5.40. The minimum atomic E-state index is -0.120. The Bertz CT molecular complexity index is 516. The maximum atomic E-state index is 13.9. The number of benzene rings is 1. The van der Waals surface area contributed by atoms with Crippen LogP contribution in [-0.4, -0.2) is 29.6 Å². The van der Waals surface area contributed by atoms with Crippen LogP contribution >= 0.6 is 11.8 Å². The standard InChI is InChI=1S/C18H24FNOS/c19-16-8-4-3-7-15(16)17-9-10-20(11-12-22-17)18(21)13-14-5-1-2-6-14/h3-4,7-8,14,17H,1-2,5-6,9-13H2. The number of amides is 1. The lowest BCUT2D eigenvalue weighted by Crippen LogP contribution is -2.33. The first-order valence-corrected chi connectivity index (χ1v) is 9.42. The Morgan fingerprint density at radius 2 is 1.95 bits per heavy atom. The van der Waals surface area contributed by atoms with Crippen LogP contribution < -0.4 is 0 Å². The lowest BCUT2D eigenvalue weighted by Gasteiger charge is -2.22. The molecule has 0 radical (unpaired) electrons. The molecule has 1 saturated carbocycles. The van der Waals surface area contributed by atoms with Crippen molar-refractivity contribution in [1.82, 2.24) is 4.90 Å². The molecule has 1 aliphatic heterocycles. The second-order valence-electron chi connectivity index (χ2n) is 6.41. The number of carbonyl (C=O) groups is 1. The van der Waals surface area contributed by atoms with E-state index in [0.29, 0.717) is 11.8 Å². The fourth-order valence-electron chi connectivity index (χ4n) is 3.59. The average molecular weight is 321 g/mol. The zero-order valence-electron chi connectivity index (χ0n) is 13.0. The van der Waals surface area contributed by atoms with Crippen LogP contribution in [0.25, 0.3) is 0 Å². The van der Waals surface area contributed by atoms with Crippen LogP contribution in [0.4, 0.5) is 4.39 Å². The third kappa shape index (κ3) is 3.83. The topological polar surface area (TPSA) is 20.3 Å². The molecule has 22 heavy (non-hydrogen) atoms. The van der Waals surface area contributed by atoms with Gasteiger partial charge in [0.1, 0.15) is 5.82 Å². The zero-order valence-corrected chi connectivity index (χ0v) is 13.8. The van der Waals surface area contributed by atoms with E-state index in [4.69, 9.17) is 0 Å². The van der Waals surface area contributed by atoms with Crippen LogP contribution in [0.3, 0.4) is 0 Å². The number of halogens is 1. The Morgan fingerprint density at radius 3 is 2.73 bits per heavy atom. The van der Waals surface area contributed by atoms with Crippen LogP contribution in [0, 0.1) is 11.7 Å². The molecule has 3 rings (SSSR count). The van der Waals surface area contributed by atoms with Crippen molar-refractivity contribution in [1.29, 1.82) is 0 Å². The molecule has 0 bridgehead atoms. The maximum absolute atomic E-state index is 13.9. The number of hydrogen-bond donors (Lipinski definition) is 0. The molecule has 0 aromatic heterocycles. The number of nitrogens with zero attached hydrogens (tertiary/aromatic N) is 1. The van der Waals surface area contributed by atoms with Gasteiger partial charge in [-0.15, -0.1) is 0 Å². The van der Waals surface area contributed by atoms with Gasteiger partial charge in [-0.1, -0.05) is 31.0 Å². The van der Waals surface area contributed by atoms with Crippen LogP contribution in [0.1, 0.15) is 49.3 Å². The number of hydrogen-bond acceptors (Lipinski definition) is 2. The number of carbonyl (C=O) groups excluding carboxylic acids is 1. The molecule has 1 unspecified atom stereocenters. The number of thioether (sulfide) groups is 1. The fourth-order valence-corrected chi connectivity index (χ4v) is 4.85. The van der Waals surface area contributed by atoms with Gasteiger partial charge >= 0.3 is 0 Å². The van der Waals surface area contributed by atoms with Crippen molar-refractivity contribution < 1.29 is 9.18 Å². The molecular formula is C18H24FNOS. The molecule has 1 aliphatic carbocycles. The first-order chi connectivity index (χ1) is 10.7. The van der Waals surface area contributed by atoms with Gasteiger partial charge < -0.3 is 4.90 Å². The van der Waals surface area contributed by atoms with Crippen LogP contribution in [0.5, 0.6) is 0 Å². The lowest BCUT2D eigenvalue weighted by atomic mass is 10.0. The highest BCUT2D eigenvalue weighted by Crippen LogP contribution is 2.36. The summed E-state index contributed by atoms with van der Waals surface area (Å²) in [5.74, 6) is 1.69. The second-order valence-corrected chi connectivity index (χ2v) is 7.72. The van der Waals surface area contributed by atoms with E-state index in [1.165, 1.54) is 31.7 Å². The van der Waals surface area contributed by atoms with Gasteiger partial charge in [0.05, 0.1) is 0 Å². The summed E-state index contributed by atoms with van der Waals surface area (Å²) in [6, 6.07) is 7.04. The third-order valence-corrected chi connectivity index (χ3v) is 6.19. The lowest BCUT2D eigenvalue weighted by molar-refractivity contribution is -0.131. The van der Waals surface area contributed by atoms with E-state index in [0.717, 1.165) is 37.2 Å². The van der Waals surface area contributed by atoms with Crippen LogP contribution in [0.15, 0.2) is 24.3 Å². The summed E-state index contributed by atoms with van der Waals surface area (Å²) in [7, 11) is 0. The van der Waals surface area contributed by atoms with E-state index in [2.05, 4.69) is 0 Å². The molecule has 0 spiro atoms. The second kappa shape index (κ2) is 7.49. The molecule has 1 aromatic rings. The quantitative estimate of drug-likeness (QED) is 0.822. The summed E-state index contributed by atoms with van der Waals surface area (Å²) in [4.78, 5) is 14.5. The molecule has 1 saturated heterocycles. The highest BCUT2D eigenvalue weighted by molar-refractivity contribution is 7.99. The van der Waals surface area contributed by atoms with Crippen molar-refractivity contribution in [2.75, 3.05) is 18.8 Å². The predicted octanol–water partition coefficient (Wildman–Crippen LogP) is 4.41. The molecule has 4 heteroatoms. The van der Waals surface area contributed by atoms with E-state index in [9.17, 15) is 9.18 Å². The molecule has 1 atom stereocenters. The molecule has 1 heterocycles. The van der Waals surface area contributed by atoms with Crippen molar-refractivity contribution >= 4 is 17.7 Å². The fraction of sp³-hybridized carbons (Fsp3) is 0.611. The summed E-state index contributed by atoms with van der Waals surface area (Å²) in [6.45, 7) is 1.57. The Labute approximate surface area is 136 Å². The van der Waals surface area contributed by atoms with E-state index in [-0.39, 0.29) is 11.1 Å². The summed E-state index contributed by atoms with van der Waals surface area (Å²) < 4.78 is 13.9. The smallest absolute Gasteiger partial charge is 0.222 e. The van der Waals surface area contributed by atoms with Crippen LogP contribution in [0.2, 0.25) is 0 Å². The van der Waals surface area contributed by atoms with Gasteiger partial charge in [-0.2, -0.15) is 11.8 Å². The maximum Gasteiger partial charge on any atom is 0.222 e. The van der Waals surface area contributed by atoms with Crippen molar-refractivity contribution in [3.63, 3.8) is 0 Å². The van der Waals surface area contributed by atoms with Gasteiger partial charge in [0.2, 0.25) is 5.91 Å². The normalized spacial score (nSPS) is 23.5. The molecule has 1 amide bonds. The summed E-state index contributed by atoms with van der Waals surface area (Å²) >= 11 is 1.78. The van der Waals surface area contributed by atoms with E-state index < -0.39 is 0 Å². The van der Waals surface area contributed by atoms with Gasteiger partial charge in [0.25, 0.3) is 0 Å². The van der Waals surface area contributed by atoms with Crippen molar-refractivity contribution in [2.24, 2.45) is 5.92 Å². The van der Waals surface area contributed by atoms with E-state index in [1.807, 2.05) is 17.0 Å². The minimum absolute atomic E-state index is 0.120. The monoisotopic (exact) mass is 321 g/mol. The van der Waals surface area contributed by atoms with Crippen molar-refractivity contribution in [3.05, 3.63) is 35.6 Å². The molecule has 2 aliphatic rings. The third-order valence-electron chi connectivity index (χ3n) is 4.88. The molecule has 1 aromatic carbocycles. The molecular weight excluding hydrogens is 297 g/mol. The highest BCUT2D eigenvalue weighted by Gasteiger charge is 2.26.